The fraction of sp³-hybridized carbons (Fsp3) is 0.486. The fourth-order valence-corrected chi connectivity index (χ4v) is 29.8. The number of aliphatic hydroxyl groups is 5. The zero-order valence-corrected chi connectivity index (χ0v) is 75.7. The predicted molar refractivity (Wildman–Crippen MR) is 485 cm³/mol. The molecular weight excluding hydrogens is 1720 g/mol. The minimum atomic E-state index is -2.31. The third-order valence-corrected chi connectivity index (χ3v) is 36.1. The largest absolute Gasteiger partial charge is 0.399 e. The lowest BCUT2D eigenvalue weighted by atomic mass is 9.44. The second kappa shape index (κ2) is 33.3. The smallest absolute Gasteiger partial charge is 0.226 e. The van der Waals surface area contributed by atoms with Crippen LogP contribution >= 0.6 is 23.5 Å². The molecule has 21 rings (SSSR count). The molecule has 20 nitrogen and oxygen atoms in total. The number of halogens is 4. The molecule has 3 aliphatic heterocycles. The summed E-state index contributed by atoms with van der Waals surface area (Å²) in [6.45, 7) is 9.75. The molecule has 26 heteroatoms. The summed E-state index contributed by atoms with van der Waals surface area (Å²) < 4.78 is 104. The maximum Gasteiger partial charge on any atom is 0.226 e. The molecule has 690 valence electrons. The van der Waals surface area contributed by atoms with Crippen molar-refractivity contribution in [1.29, 1.82) is 0 Å². The molecule has 28 atom stereocenters. The molecule has 12 aliphatic carbocycles. The van der Waals surface area contributed by atoms with Gasteiger partial charge in [-0.25, -0.2) is 17.6 Å². The Labute approximate surface area is 767 Å². The lowest BCUT2D eigenvalue weighted by Crippen LogP contribution is -2.70. The molecule has 0 unspecified atom stereocenters. The first-order chi connectivity index (χ1) is 62.4. The van der Waals surface area contributed by atoms with Crippen molar-refractivity contribution in [2.24, 2.45) is 73.9 Å². The van der Waals surface area contributed by atoms with Crippen molar-refractivity contribution in [2.45, 2.75) is 225 Å². The zero-order valence-electron chi connectivity index (χ0n) is 74.1. The van der Waals surface area contributed by atoms with Gasteiger partial charge in [0.1, 0.15) is 25.4 Å². The van der Waals surface area contributed by atoms with Gasteiger partial charge in [-0.3, -0.25) is 28.8 Å². The normalized spacial score (nSPS) is 40.7. The van der Waals surface area contributed by atoms with Gasteiger partial charge in [-0.05, 0) is 233 Å². The maximum atomic E-state index is 17.6. The molecule has 6 aromatic carbocycles. The Morgan fingerprint density at radius 1 is 0.481 bits per heavy atom. The third-order valence-electron chi connectivity index (χ3n) is 34.3. The van der Waals surface area contributed by atoms with Crippen molar-refractivity contribution in [3.63, 3.8) is 0 Å². The molecule has 0 spiro atoms. The Morgan fingerprint density at radius 2 is 0.924 bits per heavy atom. The summed E-state index contributed by atoms with van der Waals surface area (Å²) in [4.78, 5) is 78.9. The Hall–Kier alpha value is -8.84. The van der Waals surface area contributed by atoms with Crippen LogP contribution in [0.15, 0.2) is 222 Å². The zero-order chi connectivity index (χ0) is 92.5. The van der Waals surface area contributed by atoms with E-state index >= 15 is 13.2 Å². The number of allylic oxidation sites excluding steroid dienone is 12. The number of hydrogen-bond acceptors (Lipinski definition) is 22. The number of ether oxygens (including phenoxy) is 6. The van der Waals surface area contributed by atoms with Gasteiger partial charge in [-0.2, -0.15) is 0 Å². The summed E-state index contributed by atoms with van der Waals surface area (Å²) in [5.74, 6) is -3.16. The topological polar surface area (TPSA) is 337 Å². The van der Waals surface area contributed by atoms with Crippen LogP contribution in [0, 0.1) is 73.9 Å². The highest BCUT2D eigenvalue weighted by Crippen LogP contribution is 2.77. The number of hydrogen-bond donors (Lipinski definition) is 8. The number of benzene rings is 6. The van der Waals surface area contributed by atoms with E-state index < -0.39 is 176 Å². The number of carbonyl (C=O) groups excluding carboxylic acids is 6. The SMILES string of the molecule is C[C@]12C=CC(=O)C=C1CC[C@@H]1[C@@H]2[C@@H](O)C[C@@]2(C)[C@H]1C[C@H]1O[C@@H](c3ccc(Cc4cccc(N)c4)cc3)O[C@]12C(=O)CO.C[C@]12C=CC(=O)C=C1CC[C@H]1[C@@H]3C[C@H]4O[C@@H](c5ccc(CSc6cccc(N)c6)cc5)O[C@@]4(C(=O)CO)[C@@]3(C)C[C@H](O)[C@@]12F.C[C@]12C=CC(=O)C=C1[C@@H](F)C[C@H]1[C@@H]3C[C@H]4O[C@@H](c5ccc(Cc6cccc(N)c6)cc5)O[C@@]4(C(=O)SCF)[C@@]3(C)C[C@H](O)[C@@]12F. The molecular formula is C105H113F4N3O17S2. The number of carbonyl (C=O) groups is 6. The number of fused-ring (bicyclic) bond motifs is 21. The molecule has 15 aliphatic rings. The van der Waals surface area contributed by atoms with Gasteiger partial charge in [-0.15, -0.1) is 11.8 Å². The second-order valence-electron chi connectivity index (χ2n) is 40.6. The molecule has 0 aromatic heterocycles. The summed E-state index contributed by atoms with van der Waals surface area (Å²) in [7, 11) is 0. The summed E-state index contributed by atoms with van der Waals surface area (Å²) in [5.41, 5.74) is 14.5. The highest BCUT2D eigenvalue weighted by atomic mass is 32.2. The van der Waals surface area contributed by atoms with Crippen molar-refractivity contribution in [3.8, 4) is 0 Å². The van der Waals surface area contributed by atoms with E-state index in [0.717, 1.165) is 91.9 Å². The van der Waals surface area contributed by atoms with E-state index in [2.05, 4.69) is 13.8 Å². The Balaban J connectivity index is 0.000000127. The average Bonchev–Trinajstić information content (AvgIpc) is 1.54. The van der Waals surface area contributed by atoms with Crippen LogP contribution < -0.4 is 17.2 Å². The van der Waals surface area contributed by atoms with E-state index in [-0.39, 0.29) is 72.3 Å². The van der Waals surface area contributed by atoms with Gasteiger partial charge in [0, 0.05) is 94.6 Å². The van der Waals surface area contributed by atoms with Crippen molar-refractivity contribution in [1.82, 2.24) is 0 Å². The number of nitrogen functional groups attached to an aromatic ring is 3. The molecule has 11 N–H and O–H groups in total. The van der Waals surface area contributed by atoms with Crippen LogP contribution in [0.25, 0.3) is 0 Å². The predicted octanol–water partition coefficient (Wildman–Crippen LogP) is 15.8. The second-order valence-corrected chi connectivity index (χ2v) is 42.5. The summed E-state index contributed by atoms with van der Waals surface area (Å²) in [6.07, 6.45) is 8.69. The molecule has 9 saturated carbocycles. The van der Waals surface area contributed by atoms with Gasteiger partial charge in [0.25, 0.3) is 0 Å². The van der Waals surface area contributed by atoms with E-state index in [0.29, 0.717) is 67.1 Å². The minimum absolute atomic E-state index is 0.00425. The molecule has 0 amide bonds. The van der Waals surface area contributed by atoms with Crippen LogP contribution in [-0.4, -0.2) is 150 Å². The molecule has 0 radical (unpaired) electrons. The van der Waals surface area contributed by atoms with Gasteiger partial charge in [-0.1, -0.05) is 172 Å². The van der Waals surface area contributed by atoms with Crippen LogP contribution in [0.3, 0.4) is 0 Å². The quantitative estimate of drug-likeness (QED) is 0.0253. The van der Waals surface area contributed by atoms with Crippen LogP contribution in [0.5, 0.6) is 0 Å². The Morgan fingerprint density at radius 3 is 1.45 bits per heavy atom. The Kier molecular flexibility index (Phi) is 23.2. The molecule has 3 saturated heterocycles. The standard InChI is InChI=1S/C35H36F3NO5S.C35H38FNO6S.C35H39NO6/c1-32-11-10-23(40)14-26(32)27(37)15-25-24-16-29-35(31(42)45-18-36,33(24,2)17-28(41)34(25,32)38)44-30(43-29)21-8-6-19(7-9-21)12-20-4-3-5-22(39)13-20;1-32-13-12-24(39)14-22(32)10-11-26-27-16-30-35(29(41)18-38,33(27,2)17-28(40)34(26,32)36)43-31(42-30)21-8-6-20(7-9-21)19-44-25-5-3-4-23(37)15-25;1-33-13-12-25(38)16-23(33)10-11-26-27-17-30-35(29(40)19-37,34(27,2)18-28(39)31(26)33)42-32(41-30)22-8-6-20(7-9-22)14-21-4-3-5-24(36)15-21/h3-11,13-14,24-25,27-30,41H,12,15-18,39H2,1-2H3;3-9,12-15,26-28,30-31,38,40H,10-11,16-19,37H2,1-2H3;3-9,12-13,15-16,26-28,30-32,37,39H,10-11,14,17-19,36H2,1-2H3/t24-,25-,27-,28-,29+,30+,32-,33-,34-,35-;26-,27-,28-,30+,31+,32-,33-,34-,35+;26-,27-,28-,30+,31+,32+,33-,34-,35+/m000/s1. The van der Waals surface area contributed by atoms with Crippen molar-refractivity contribution in [3.05, 3.63) is 262 Å². The summed E-state index contributed by atoms with van der Waals surface area (Å²) in [6, 6.07) is 45.7. The maximum absolute atomic E-state index is 17.6. The third kappa shape index (κ3) is 13.9. The molecule has 3 heterocycles. The first-order valence-corrected chi connectivity index (χ1v) is 47.7. The van der Waals surface area contributed by atoms with Crippen LogP contribution in [0.4, 0.5) is 34.6 Å². The van der Waals surface area contributed by atoms with E-state index in [9.17, 15) is 58.7 Å². The van der Waals surface area contributed by atoms with Crippen molar-refractivity contribution in [2.75, 3.05) is 36.4 Å². The van der Waals surface area contributed by atoms with Crippen molar-refractivity contribution < 1.29 is 100 Å². The van der Waals surface area contributed by atoms with Crippen LogP contribution in [0.1, 0.15) is 176 Å². The van der Waals surface area contributed by atoms with E-state index in [1.807, 2.05) is 159 Å². The highest BCUT2D eigenvalue weighted by molar-refractivity contribution is 8.13. The lowest BCUT2D eigenvalue weighted by molar-refractivity contribution is -0.232. The van der Waals surface area contributed by atoms with E-state index in [1.54, 1.807) is 43.8 Å². The molecule has 0 bridgehead atoms. The average molecular weight is 1830 g/mol. The van der Waals surface area contributed by atoms with Gasteiger partial charge in [0.15, 0.2) is 75.9 Å². The first-order valence-electron chi connectivity index (χ1n) is 45.8. The van der Waals surface area contributed by atoms with Crippen molar-refractivity contribution >= 4 is 74.6 Å². The van der Waals surface area contributed by atoms with E-state index in [4.69, 9.17) is 45.6 Å². The van der Waals surface area contributed by atoms with E-state index in [1.165, 1.54) is 31.2 Å². The molecule has 12 fully saturated rings. The lowest BCUT2D eigenvalue weighted by Gasteiger charge is -2.63. The van der Waals surface area contributed by atoms with Gasteiger partial charge >= 0.3 is 0 Å². The first kappa shape index (κ1) is 91.3. The number of Topliss-reactive ketones (excluding diaryl/α,β-unsaturated/α-hetero) is 2. The number of thioether (sulfide) groups is 2. The van der Waals surface area contributed by atoms with Crippen LogP contribution in [-0.2, 0) is 75.8 Å². The number of anilines is 3. The number of rotatable bonds is 16. The highest BCUT2D eigenvalue weighted by Gasteiger charge is 2.83. The number of alkyl halides is 4. The van der Waals surface area contributed by atoms with Gasteiger partial charge in [0.2, 0.25) is 5.12 Å². The summed E-state index contributed by atoms with van der Waals surface area (Å²) >= 11 is 2.15. The fourth-order valence-electron chi connectivity index (χ4n) is 28.2. The molecule has 131 heavy (non-hydrogen) atoms. The van der Waals surface area contributed by atoms with Crippen LogP contribution in [0.2, 0.25) is 0 Å². The summed E-state index contributed by atoms with van der Waals surface area (Å²) in [5, 5.41) is 55.0. The van der Waals surface area contributed by atoms with Gasteiger partial charge < -0.3 is 71.2 Å². The minimum Gasteiger partial charge on any atom is -0.399 e. The Bertz CT molecular complexity index is 5800. The van der Waals surface area contributed by atoms with Gasteiger partial charge in [0.05, 0.1) is 36.6 Å². The number of nitrogens with two attached hydrogens (primary N) is 3. The number of ketones is 5. The number of aliphatic hydroxyl groups excluding tert-OH is 5. The monoisotopic (exact) mass is 1830 g/mol. The molecule has 6 aromatic rings.